The molecule has 0 aliphatic carbocycles. The molecule has 0 amide bonds. The molecule has 0 saturated carbocycles. The van der Waals surface area contributed by atoms with Crippen LogP contribution < -0.4 is 5.73 Å². The van der Waals surface area contributed by atoms with E-state index in [2.05, 4.69) is 0 Å². The van der Waals surface area contributed by atoms with Crippen LogP contribution in [0.5, 0.6) is 0 Å². The van der Waals surface area contributed by atoms with Crippen molar-refractivity contribution in [3.63, 3.8) is 0 Å². The highest BCUT2D eigenvalue weighted by atomic mass is 32.2. The van der Waals surface area contributed by atoms with Crippen LogP contribution in [0, 0.1) is 10.1 Å². The van der Waals surface area contributed by atoms with Crippen LogP contribution >= 0.6 is 11.8 Å². The number of nitro groups is 1. The Labute approximate surface area is 85.8 Å². The molecule has 1 atom stereocenters. The monoisotopic (exact) mass is 216 g/mol. The minimum absolute atomic E-state index is 0.127. The predicted octanol–water partition coefficient (Wildman–Crippen LogP) is 1.29. The lowest BCUT2D eigenvalue weighted by Crippen LogP contribution is -2.12. The zero-order chi connectivity index (χ0) is 10.4. The van der Waals surface area contributed by atoms with Crippen molar-refractivity contribution in [3.8, 4) is 0 Å². The number of hydrogen-bond acceptors (Lipinski definition) is 5. The minimum Gasteiger partial charge on any atom is -0.468 e. The van der Waals surface area contributed by atoms with Gasteiger partial charge in [-0.2, -0.15) is 0 Å². The molecule has 1 aromatic rings. The average Bonchev–Trinajstić information content (AvgIpc) is 2.64. The minimum atomic E-state index is -0.337. The van der Waals surface area contributed by atoms with E-state index < -0.39 is 0 Å². The van der Waals surface area contributed by atoms with Crippen LogP contribution in [0.4, 0.5) is 0 Å². The first-order chi connectivity index (χ1) is 6.74. The first kappa shape index (κ1) is 11.1. The standard InChI is InChI=1S/C8H12N2O3S/c9-3-5-14-8(6-10(11)12)7-2-1-4-13-7/h1-2,4,8H,3,5-6,9H2. The van der Waals surface area contributed by atoms with Crippen molar-refractivity contribution in [2.24, 2.45) is 5.73 Å². The molecule has 1 rings (SSSR count). The maximum absolute atomic E-state index is 10.4. The molecule has 0 fully saturated rings. The summed E-state index contributed by atoms with van der Waals surface area (Å²) in [5.74, 6) is 1.33. The van der Waals surface area contributed by atoms with Gasteiger partial charge in [0.25, 0.3) is 0 Å². The summed E-state index contributed by atoms with van der Waals surface area (Å²) >= 11 is 1.45. The molecule has 0 aromatic carbocycles. The Kier molecular flexibility index (Phi) is 4.48. The number of rotatable bonds is 6. The summed E-state index contributed by atoms with van der Waals surface area (Å²) in [5.41, 5.74) is 5.34. The van der Waals surface area contributed by atoms with Gasteiger partial charge >= 0.3 is 0 Å². The molecule has 0 spiro atoms. The molecule has 6 heteroatoms. The first-order valence-corrected chi connectivity index (χ1v) is 5.25. The van der Waals surface area contributed by atoms with Gasteiger partial charge in [-0.25, -0.2) is 0 Å². The highest BCUT2D eigenvalue weighted by molar-refractivity contribution is 7.99. The second kappa shape index (κ2) is 5.66. The number of nitrogens with two attached hydrogens (primary N) is 1. The van der Waals surface area contributed by atoms with E-state index >= 15 is 0 Å². The molecule has 78 valence electrons. The summed E-state index contributed by atoms with van der Waals surface area (Å²) in [7, 11) is 0. The lowest BCUT2D eigenvalue weighted by molar-refractivity contribution is -0.480. The molecular weight excluding hydrogens is 204 g/mol. The topological polar surface area (TPSA) is 82.3 Å². The largest absolute Gasteiger partial charge is 0.468 e. The van der Waals surface area contributed by atoms with Crippen molar-refractivity contribution in [1.29, 1.82) is 0 Å². The van der Waals surface area contributed by atoms with E-state index in [0.29, 0.717) is 18.1 Å². The van der Waals surface area contributed by atoms with Crippen LogP contribution in [-0.2, 0) is 0 Å². The lowest BCUT2D eigenvalue weighted by atomic mass is 10.3. The third-order valence-corrected chi connectivity index (χ3v) is 2.87. The fourth-order valence-corrected chi connectivity index (χ4v) is 1.99. The Hall–Kier alpha value is -1.01. The Morgan fingerprint density at radius 3 is 3.00 bits per heavy atom. The van der Waals surface area contributed by atoms with Gasteiger partial charge in [-0.05, 0) is 12.1 Å². The zero-order valence-corrected chi connectivity index (χ0v) is 8.40. The van der Waals surface area contributed by atoms with Crippen molar-refractivity contribution >= 4 is 11.8 Å². The molecule has 2 N–H and O–H groups in total. The van der Waals surface area contributed by atoms with E-state index in [4.69, 9.17) is 10.2 Å². The van der Waals surface area contributed by atoms with Gasteiger partial charge in [-0.15, -0.1) is 11.8 Å². The van der Waals surface area contributed by atoms with Gasteiger partial charge in [-0.3, -0.25) is 10.1 Å². The average molecular weight is 216 g/mol. The van der Waals surface area contributed by atoms with Crippen molar-refractivity contribution in [2.45, 2.75) is 5.25 Å². The lowest BCUT2D eigenvalue weighted by Gasteiger charge is -2.08. The molecule has 0 bridgehead atoms. The summed E-state index contributed by atoms with van der Waals surface area (Å²) < 4.78 is 5.13. The Bertz CT molecular complexity index is 276. The Morgan fingerprint density at radius 2 is 2.50 bits per heavy atom. The number of furan rings is 1. The molecule has 1 unspecified atom stereocenters. The van der Waals surface area contributed by atoms with Crippen LogP contribution in [0.2, 0.25) is 0 Å². The highest BCUT2D eigenvalue weighted by Gasteiger charge is 2.20. The number of thioether (sulfide) groups is 1. The fraction of sp³-hybridized carbons (Fsp3) is 0.500. The smallest absolute Gasteiger partial charge is 0.222 e. The van der Waals surface area contributed by atoms with Gasteiger partial charge in [0.05, 0.1) is 6.26 Å². The van der Waals surface area contributed by atoms with Crippen LogP contribution in [0.15, 0.2) is 22.8 Å². The Morgan fingerprint density at radius 1 is 1.71 bits per heavy atom. The van der Waals surface area contributed by atoms with Crippen molar-refractivity contribution in [1.82, 2.24) is 0 Å². The Balaban J connectivity index is 2.57. The zero-order valence-electron chi connectivity index (χ0n) is 7.59. The molecular formula is C8H12N2O3S. The van der Waals surface area contributed by atoms with Crippen LogP contribution in [-0.4, -0.2) is 23.8 Å². The molecule has 0 saturated heterocycles. The third-order valence-electron chi connectivity index (χ3n) is 1.61. The normalized spacial score (nSPS) is 12.6. The first-order valence-electron chi connectivity index (χ1n) is 4.21. The van der Waals surface area contributed by atoms with Crippen LogP contribution in [0.3, 0.4) is 0 Å². The molecule has 5 nitrogen and oxygen atoms in total. The second-order valence-electron chi connectivity index (χ2n) is 2.68. The molecule has 1 heterocycles. The summed E-state index contributed by atoms with van der Waals surface area (Å²) in [5, 5.41) is 10.2. The molecule has 0 radical (unpaired) electrons. The van der Waals surface area contributed by atoms with E-state index in [-0.39, 0.29) is 16.7 Å². The fourth-order valence-electron chi connectivity index (χ4n) is 1.04. The van der Waals surface area contributed by atoms with E-state index in [9.17, 15) is 10.1 Å². The SMILES string of the molecule is NCCSC(C[N+](=O)[O-])c1ccco1. The summed E-state index contributed by atoms with van der Waals surface area (Å²) in [4.78, 5) is 10.1. The number of nitrogens with zero attached hydrogens (tertiary/aromatic N) is 1. The van der Waals surface area contributed by atoms with E-state index in [0.717, 1.165) is 0 Å². The maximum atomic E-state index is 10.4. The maximum Gasteiger partial charge on any atom is 0.222 e. The molecule has 1 aromatic heterocycles. The van der Waals surface area contributed by atoms with E-state index in [1.165, 1.54) is 18.0 Å². The quantitative estimate of drug-likeness (QED) is 0.572. The van der Waals surface area contributed by atoms with Crippen LogP contribution in [0.25, 0.3) is 0 Å². The van der Waals surface area contributed by atoms with Crippen molar-refractivity contribution in [2.75, 3.05) is 18.8 Å². The van der Waals surface area contributed by atoms with Gasteiger partial charge in [0.15, 0.2) is 0 Å². The van der Waals surface area contributed by atoms with Gasteiger partial charge in [0.1, 0.15) is 11.0 Å². The molecule has 0 aliphatic rings. The van der Waals surface area contributed by atoms with E-state index in [1.54, 1.807) is 12.1 Å². The predicted molar refractivity (Wildman–Crippen MR) is 54.8 cm³/mol. The van der Waals surface area contributed by atoms with Gasteiger partial charge in [0, 0.05) is 17.2 Å². The van der Waals surface area contributed by atoms with Gasteiger partial charge in [-0.1, -0.05) is 0 Å². The molecule has 0 aliphatic heterocycles. The summed E-state index contributed by atoms with van der Waals surface area (Å²) in [6.07, 6.45) is 1.52. The van der Waals surface area contributed by atoms with Crippen LogP contribution in [0.1, 0.15) is 11.0 Å². The van der Waals surface area contributed by atoms with E-state index in [1.807, 2.05) is 0 Å². The summed E-state index contributed by atoms with van der Waals surface area (Å²) in [6, 6.07) is 3.48. The van der Waals surface area contributed by atoms with Crippen molar-refractivity contribution in [3.05, 3.63) is 34.3 Å². The molecule has 14 heavy (non-hydrogen) atoms. The third kappa shape index (κ3) is 3.39. The number of hydrogen-bond donors (Lipinski definition) is 1. The highest BCUT2D eigenvalue weighted by Crippen LogP contribution is 2.28. The summed E-state index contributed by atoms with van der Waals surface area (Å²) in [6.45, 7) is 0.387. The van der Waals surface area contributed by atoms with Crippen molar-refractivity contribution < 1.29 is 9.34 Å². The van der Waals surface area contributed by atoms with Gasteiger partial charge < -0.3 is 10.2 Å². The second-order valence-corrected chi connectivity index (χ2v) is 3.99. The van der Waals surface area contributed by atoms with Gasteiger partial charge in [0.2, 0.25) is 6.54 Å².